The molecule has 8 unspecified atom stereocenters. The lowest BCUT2D eigenvalue weighted by molar-refractivity contribution is -0.398. The lowest BCUT2D eigenvalue weighted by atomic mass is 9.95. The van der Waals surface area contributed by atoms with Crippen LogP contribution < -0.4 is 10.6 Å². The molecule has 0 aromatic rings. The van der Waals surface area contributed by atoms with Crippen LogP contribution in [0.25, 0.3) is 0 Å². The lowest BCUT2D eigenvalue weighted by Crippen LogP contribution is -2.70. The van der Waals surface area contributed by atoms with E-state index in [1.54, 1.807) is 0 Å². The number of nitrogens with one attached hydrogen (secondary N) is 2. The van der Waals surface area contributed by atoms with Gasteiger partial charge in [0.05, 0.1) is 13.2 Å². The van der Waals surface area contributed by atoms with Crippen LogP contribution in [0.5, 0.6) is 0 Å². The van der Waals surface area contributed by atoms with Gasteiger partial charge in [-0.15, -0.1) is 0 Å². The van der Waals surface area contributed by atoms with E-state index in [0.717, 1.165) is 21.0 Å². The maximum absolute atomic E-state index is 12.2. The fourth-order valence-electron chi connectivity index (χ4n) is 6.61. The molecule has 316 valence electrons. The van der Waals surface area contributed by atoms with Crippen LogP contribution in [-0.2, 0) is 71.3 Å². The van der Waals surface area contributed by atoms with Crippen LogP contribution in [0.4, 0.5) is 0 Å². The number of carbonyl (C=O) groups excluding carboxylic acids is 4. The van der Waals surface area contributed by atoms with Gasteiger partial charge in [-0.2, -0.15) is 0 Å². The number of rotatable bonds is 16. The van der Waals surface area contributed by atoms with Crippen LogP contribution in [-0.4, -0.2) is 216 Å². The Labute approximate surface area is 312 Å². The zero-order valence-electron chi connectivity index (χ0n) is 29.8. The van der Waals surface area contributed by atoms with Crippen molar-refractivity contribution in [3.8, 4) is 0 Å². The molecule has 25 nitrogen and oxygen atoms in total. The molecule has 10 N–H and O–H groups in total. The molecule has 0 spiro atoms. The van der Waals surface area contributed by atoms with Crippen LogP contribution in [0, 0.1) is 0 Å². The van der Waals surface area contributed by atoms with E-state index in [2.05, 4.69) is 10.6 Å². The molecule has 0 bridgehead atoms. The predicted molar refractivity (Wildman–Crippen MR) is 167 cm³/mol. The van der Waals surface area contributed by atoms with Gasteiger partial charge in [0, 0.05) is 28.1 Å². The molecule has 0 saturated carbocycles. The van der Waals surface area contributed by atoms with Crippen molar-refractivity contribution in [2.75, 3.05) is 27.4 Å². The van der Waals surface area contributed by atoms with Crippen LogP contribution in [0.3, 0.4) is 0 Å². The molecule has 4 heterocycles. The molecule has 4 aliphatic rings. The molecule has 55 heavy (non-hydrogen) atoms. The Bertz CT molecular complexity index is 1270. The van der Waals surface area contributed by atoms with Crippen LogP contribution in [0.2, 0.25) is 0 Å². The third-order valence-electron chi connectivity index (χ3n) is 9.21. The van der Waals surface area contributed by atoms with Gasteiger partial charge in [0.25, 0.3) is 12.9 Å². The molecule has 0 radical (unpaired) electrons. The number of carbonyl (C=O) groups is 4. The van der Waals surface area contributed by atoms with Crippen molar-refractivity contribution >= 4 is 24.8 Å². The minimum Gasteiger partial charge on any atom is -0.435 e. The Balaban J connectivity index is 1.56. The highest BCUT2D eigenvalue weighted by Gasteiger charge is 2.56. The number of hydrogen-bond donors (Lipinski definition) is 10. The summed E-state index contributed by atoms with van der Waals surface area (Å²) in [6.45, 7) is 0.373. The van der Waals surface area contributed by atoms with E-state index >= 15 is 0 Å². The SMILES string of the molecule is CO[C@@H]1OC(OC=O)[C@@H](O[C@H]2OC(CO)[C@@H](O[C@@H]3OC(OC=O)[C@@H](O[C@H]4OC(CO)[C@@H](OC)[C@H](O)C4NC(C)=O)[C@H](O)C3O)[C@H](O)C2NC(C)=O)[C@H](O)C1O. The third kappa shape index (κ3) is 10.0. The molecule has 0 aromatic heterocycles. The van der Waals surface area contributed by atoms with Crippen molar-refractivity contribution in [2.45, 2.75) is 137 Å². The molecule has 0 aromatic carbocycles. The molecule has 4 rings (SSSR count). The number of hydrogen-bond acceptors (Lipinski definition) is 23. The van der Waals surface area contributed by atoms with Crippen LogP contribution in [0.1, 0.15) is 13.8 Å². The van der Waals surface area contributed by atoms with Crippen molar-refractivity contribution in [1.82, 2.24) is 10.6 Å². The van der Waals surface area contributed by atoms with Gasteiger partial charge in [-0.25, -0.2) is 0 Å². The summed E-state index contributed by atoms with van der Waals surface area (Å²) in [6.07, 6.45) is -31.2. The maximum atomic E-state index is 12.2. The standard InChI is InChI=1S/C30H48N2O23/c1-9(37)31-13-15(39)21(45-3)11(5-33)49-25(13)53-24-18(42)20(44)28(55-30(24)48-8-36)51-22-12(6-34)50-26(14(16(22)40)32-10(2)38)52-23-17(41)19(43)27(46-4)54-29(23)47-7-35/h7-8,11-30,33-34,39-44H,5-6H2,1-4H3,(H,31,37)(H,32,38)/t11?,12?,13?,14?,15-,16-,17-,18-,19?,20?,21-,22-,23+,24+,25-,26-,27-,28-,29?,30?/m1/s1. The summed E-state index contributed by atoms with van der Waals surface area (Å²) in [7, 11) is 2.35. The van der Waals surface area contributed by atoms with E-state index in [1.807, 2.05) is 0 Å². The summed E-state index contributed by atoms with van der Waals surface area (Å²) in [4.78, 5) is 46.9. The van der Waals surface area contributed by atoms with E-state index in [9.17, 15) is 60.0 Å². The first-order valence-corrected chi connectivity index (χ1v) is 16.8. The van der Waals surface area contributed by atoms with Crippen LogP contribution >= 0.6 is 0 Å². The van der Waals surface area contributed by atoms with Gasteiger partial charge in [-0.1, -0.05) is 0 Å². The molecule has 4 fully saturated rings. The summed E-state index contributed by atoms with van der Waals surface area (Å²) in [5.41, 5.74) is 0. The maximum Gasteiger partial charge on any atom is 0.295 e. The fourth-order valence-corrected chi connectivity index (χ4v) is 6.61. The number of aliphatic hydroxyl groups excluding tert-OH is 8. The average molecular weight is 805 g/mol. The zero-order chi connectivity index (χ0) is 40.7. The monoisotopic (exact) mass is 804 g/mol. The van der Waals surface area contributed by atoms with Crippen LogP contribution in [0.15, 0.2) is 0 Å². The highest BCUT2D eigenvalue weighted by molar-refractivity contribution is 5.73. The van der Waals surface area contributed by atoms with E-state index in [-0.39, 0.29) is 12.9 Å². The summed E-state index contributed by atoms with van der Waals surface area (Å²) in [6, 6.07) is -3.03. The highest BCUT2D eigenvalue weighted by Crippen LogP contribution is 2.35. The summed E-state index contributed by atoms with van der Waals surface area (Å²) in [5.74, 6) is -1.42. The Kier molecular flexibility index (Phi) is 16.4. The summed E-state index contributed by atoms with van der Waals surface area (Å²) >= 11 is 0. The van der Waals surface area contributed by atoms with E-state index in [1.165, 1.54) is 7.11 Å². The Morgan fingerprint density at radius 1 is 0.527 bits per heavy atom. The fraction of sp³-hybridized carbons (Fsp3) is 0.867. The number of ether oxygens (including phenoxy) is 11. The number of aliphatic hydroxyl groups is 8. The largest absolute Gasteiger partial charge is 0.435 e. The first-order chi connectivity index (χ1) is 26.1. The number of amides is 2. The van der Waals surface area contributed by atoms with Gasteiger partial charge in [-0.3, -0.25) is 19.2 Å². The highest BCUT2D eigenvalue weighted by atomic mass is 16.8. The molecule has 2 amide bonds. The molecule has 20 atom stereocenters. The topological polar surface area (TPSA) is 356 Å². The van der Waals surface area contributed by atoms with Gasteiger partial charge in [0.2, 0.25) is 24.4 Å². The molecular weight excluding hydrogens is 756 g/mol. The second kappa shape index (κ2) is 20.1. The summed E-state index contributed by atoms with van der Waals surface area (Å²) in [5, 5.41) is 90.9. The minimum absolute atomic E-state index is 0.0447. The Hall–Kier alpha value is -2.80. The molecule has 4 saturated heterocycles. The molecule has 0 aliphatic carbocycles. The lowest BCUT2D eigenvalue weighted by Gasteiger charge is -2.49. The second-order valence-electron chi connectivity index (χ2n) is 12.8. The van der Waals surface area contributed by atoms with Gasteiger partial charge in [0.15, 0.2) is 37.4 Å². The molecular formula is C30H48N2O23. The van der Waals surface area contributed by atoms with Gasteiger partial charge in [-0.05, 0) is 0 Å². The van der Waals surface area contributed by atoms with E-state index in [4.69, 9.17) is 52.1 Å². The first-order valence-electron chi connectivity index (χ1n) is 16.8. The quantitative estimate of drug-likeness (QED) is 0.0648. The summed E-state index contributed by atoms with van der Waals surface area (Å²) < 4.78 is 59.6. The van der Waals surface area contributed by atoms with E-state index in [0.29, 0.717) is 0 Å². The van der Waals surface area contributed by atoms with Crippen molar-refractivity contribution in [3.05, 3.63) is 0 Å². The number of methoxy groups -OCH3 is 2. The molecule has 25 heteroatoms. The predicted octanol–water partition coefficient (Wildman–Crippen LogP) is -7.88. The third-order valence-corrected chi connectivity index (χ3v) is 9.21. The van der Waals surface area contributed by atoms with Crippen molar-refractivity contribution < 1.29 is 112 Å². The molecule has 4 aliphatic heterocycles. The Morgan fingerprint density at radius 2 is 0.927 bits per heavy atom. The first kappa shape index (κ1) is 44.9. The van der Waals surface area contributed by atoms with Crippen molar-refractivity contribution in [3.63, 3.8) is 0 Å². The Morgan fingerprint density at radius 3 is 1.33 bits per heavy atom. The van der Waals surface area contributed by atoms with Crippen molar-refractivity contribution in [1.29, 1.82) is 0 Å². The van der Waals surface area contributed by atoms with E-state index < -0.39 is 148 Å². The van der Waals surface area contributed by atoms with Gasteiger partial charge in [0.1, 0.15) is 73.1 Å². The minimum atomic E-state index is -2.12. The van der Waals surface area contributed by atoms with Crippen molar-refractivity contribution in [2.24, 2.45) is 0 Å². The normalized spacial score (nSPS) is 44.9. The zero-order valence-corrected chi connectivity index (χ0v) is 29.8. The second-order valence-corrected chi connectivity index (χ2v) is 12.8. The average Bonchev–Trinajstić information content (AvgIpc) is 3.14. The van der Waals surface area contributed by atoms with Gasteiger partial charge >= 0.3 is 0 Å². The van der Waals surface area contributed by atoms with Gasteiger partial charge < -0.3 is 104 Å². The smallest absolute Gasteiger partial charge is 0.295 e.